The number of pyridine rings is 1. The van der Waals surface area contributed by atoms with Crippen molar-refractivity contribution < 1.29 is 18.0 Å². The van der Waals surface area contributed by atoms with Crippen molar-refractivity contribution in [2.75, 3.05) is 0 Å². The molecule has 0 spiro atoms. The van der Waals surface area contributed by atoms with E-state index in [1.807, 2.05) is 6.07 Å². The minimum atomic E-state index is -4.56. The molecule has 2 aromatic heterocycles. The van der Waals surface area contributed by atoms with Crippen LogP contribution in [0.5, 0.6) is 0 Å². The van der Waals surface area contributed by atoms with Crippen LogP contribution < -0.4 is 0 Å². The van der Waals surface area contributed by atoms with Gasteiger partial charge in [-0.3, -0.25) is 9.78 Å². The fraction of sp³-hybridized carbons (Fsp3) is 0.438. The first-order chi connectivity index (χ1) is 11.4. The molecule has 1 amide bonds. The molecule has 0 fully saturated rings. The van der Waals surface area contributed by atoms with E-state index in [1.54, 1.807) is 12.3 Å². The van der Waals surface area contributed by atoms with E-state index in [2.05, 4.69) is 9.97 Å². The molecule has 4 rings (SSSR count). The number of aromatic nitrogens is 3. The van der Waals surface area contributed by atoms with Gasteiger partial charge in [0.1, 0.15) is 5.69 Å². The Balaban J connectivity index is 1.70. The zero-order chi connectivity index (χ0) is 16.9. The van der Waals surface area contributed by atoms with Gasteiger partial charge in [0.05, 0.1) is 17.9 Å². The minimum absolute atomic E-state index is 0.0603. The summed E-state index contributed by atoms with van der Waals surface area (Å²) in [4.78, 5) is 22.2. The van der Waals surface area contributed by atoms with Crippen molar-refractivity contribution in [1.82, 2.24) is 19.4 Å². The van der Waals surface area contributed by atoms with Crippen LogP contribution in [0.3, 0.4) is 0 Å². The summed E-state index contributed by atoms with van der Waals surface area (Å²) in [6, 6.07) is 3.66. The van der Waals surface area contributed by atoms with Crippen molar-refractivity contribution in [3.05, 3.63) is 46.8 Å². The predicted octanol–water partition coefficient (Wildman–Crippen LogP) is 2.79. The summed E-state index contributed by atoms with van der Waals surface area (Å²) in [5, 5.41) is 0. The Bertz CT molecular complexity index is 787. The lowest BCUT2D eigenvalue weighted by molar-refractivity contribution is -0.147. The van der Waals surface area contributed by atoms with Gasteiger partial charge in [0, 0.05) is 19.3 Å². The first kappa shape index (κ1) is 15.2. The molecule has 2 aromatic rings. The largest absolute Gasteiger partial charge is 0.449 e. The molecule has 0 saturated heterocycles. The zero-order valence-corrected chi connectivity index (χ0v) is 12.8. The van der Waals surface area contributed by atoms with E-state index in [-0.39, 0.29) is 12.2 Å². The molecule has 0 unspecified atom stereocenters. The van der Waals surface area contributed by atoms with Crippen molar-refractivity contribution in [3.63, 3.8) is 0 Å². The monoisotopic (exact) mass is 336 g/mol. The number of rotatable bonds is 1. The van der Waals surface area contributed by atoms with Crippen LogP contribution in [0.2, 0.25) is 0 Å². The number of hydrogen-bond donors (Lipinski definition) is 0. The molecule has 4 heterocycles. The summed E-state index contributed by atoms with van der Waals surface area (Å²) in [6.07, 6.45) is -1.03. The second-order valence-electron chi connectivity index (χ2n) is 6.11. The van der Waals surface area contributed by atoms with E-state index in [0.29, 0.717) is 31.6 Å². The first-order valence-electron chi connectivity index (χ1n) is 7.84. The van der Waals surface area contributed by atoms with Crippen LogP contribution in [-0.4, -0.2) is 25.3 Å². The first-order valence-corrected chi connectivity index (χ1v) is 7.84. The molecule has 0 bridgehead atoms. The quantitative estimate of drug-likeness (QED) is 0.805. The van der Waals surface area contributed by atoms with Crippen LogP contribution in [0.4, 0.5) is 13.2 Å². The highest BCUT2D eigenvalue weighted by Gasteiger charge is 2.41. The summed E-state index contributed by atoms with van der Waals surface area (Å²) in [6.45, 7) is 0.921. The number of imidazole rings is 1. The fourth-order valence-corrected chi connectivity index (χ4v) is 3.42. The van der Waals surface area contributed by atoms with Crippen LogP contribution in [0, 0.1) is 0 Å². The Kier molecular flexibility index (Phi) is 3.36. The smallest absolute Gasteiger partial charge is 0.327 e. The van der Waals surface area contributed by atoms with Gasteiger partial charge in [0.2, 0.25) is 5.82 Å². The van der Waals surface area contributed by atoms with Gasteiger partial charge in [0.15, 0.2) is 0 Å². The molecule has 0 radical (unpaired) electrons. The van der Waals surface area contributed by atoms with Crippen molar-refractivity contribution in [3.8, 4) is 0 Å². The number of carbonyl (C=O) groups is 1. The topological polar surface area (TPSA) is 51.0 Å². The molecular formula is C16H15F3N4O. The molecule has 5 nitrogen and oxygen atoms in total. The second-order valence-corrected chi connectivity index (χ2v) is 6.11. The molecule has 0 aliphatic carbocycles. The summed E-state index contributed by atoms with van der Waals surface area (Å²) >= 11 is 0. The average Bonchev–Trinajstić information content (AvgIpc) is 3.15. The molecule has 0 aromatic carbocycles. The molecule has 24 heavy (non-hydrogen) atoms. The van der Waals surface area contributed by atoms with Gasteiger partial charge >= 0.3 is 6.18 Å². The van der Waals surface area contributed by atoms with E-state index < -0.39 is 17.9 Å². The summed E-state index contributed by atoms with van der Waals surface area (Å²) in [7, 11) is 0. The summed E-state index contributed by atoms with van der Waals surface area (Å²) in [5.74, 6) is -1.41. The van der Waals surface area contributed by atoms with Crippen LogP contribution in [0.15, 0.2) is 18.3 Å². The predicted molar refractivity (Wildman–Crippen MR) is 78.0 cm³/mol. The Morgan fingerprint density at radius 3 is 2.79 bits per heavy atom. The third-order valence-electron chi connectivity index (χ3n) is 4.55. The summed E-state index contributed by atoms with van der Waals surface area (Å²) < 4.78 is 40.8. The van der Waals surface area contributed by atoms with E-state index in [1.165, 1.54) is 4.90 Å². The maximum Gasteiger partial charge on any atom is 0.449 e. The molecule has 2 aliphatic rings. The lowest BCUT2D eigenvalue weighted by atomic mass is 10.1. The Hall–Kier alpha value is -2.38. The highest BCUT2D eigenvalue weighted by Crippen LogP contribution is 2.34. The van der Waals surface area contributed by atoms with Crippen molar-refractivity contribution >= 4 is 5.91 Å². The number of halogens is 3. The second kappa shape index (κ2) is 5.32. The number of fused-ring (bicyclic) bond motifs is 2. The van der Waals surface area contributed by atoms with Crippen LogP contribution in [-0.2, 0) is 32.2 Å². The standard InChI is InChI=1S/C16H15F3N4O/c17-16(18,19)15-21-13(12-5-1-2-7-23(12)15)14(24)22-8-10-4-3-6-20-11(10)9-22/h3-4,6H,1-2,5,7-9H2. The van der Waals surface area contributed by atoms with Gasteiger partial charge in [-0.05, 0) is 30.9 Å². The molecule has 8 heteroatoms. The van der Waals surface area contributed by atoms with Crippen molar-refractivity contribution in [1.29, 1.82) is 0 Å². The van der Waals surface area contributed by atoms with Crippen LogP contribution in [0.25, 0.3) is 0 Å². The van der Waals surface area contributed by atoms with Gasteiger partial charge in [-0.25, -0.2) is 4.98 Å². The molecule has 0 saturated carbocycles. The van der Waals surface area contributed by atoms with Crippen LogP contribution in [0.1, 0.15) is 46.1 Å². The SMILES string of the molecule is O=C(c1nc(C(F)(F)F)n2c1CCCC2)N1Cc2cccnc2C1. The van der Waals surface area contributed by atoms with E-state index in [9.17, 15) is 18.0 Å². The normalized spacial score (nSPS) is 16.9. The third-order valence-corrected chi connectivity index (χ3v) is 4.55. The zero-order valence-electron chi connectivity index (χ0n) is 12.8. The van der Waals surface area contributed by atoms with Crippen molar-refractivity contribution in [2.45, 2.75) is 45.1 Å². The van der Waals surface area contributed by atoms with E-state index in [0.717, 1.165) is 22.2 Å². The number of carbonyl (C=O) groups excluding carboxylic acids is 1. The van der Waals surface area contributed by atoms with E-state index >= 15 is 0 Å². The molecule has 0 atom stereocenters. The number of nitrogens with zero attached hydrogens (tertiary/aromatic N) is 4. The lowest BCUT2D eigenvalue weighted by Gasteiger charge is -2.19. The van der Waals surface area contributed by atoms with Crippen molar-refractivity contribution in [2.24, 2.45) is 0 Å². The van der Waals surface area contributed by atoms with Gasteiger partial charge in [-0.15, -0.1) is 0 Å². The number of hydrogen-bond acceptors (Lipinski definition) is 3. The highest BCUT2D eigenvalue weighted by molar-refractivity contribution is 5.94. The van der Waals surface area contributed by atoms with Gasteiger partial charge in [-0.2, -0.15) is 13.2 Å². The third kappa shape index (κ3) is 2.37. The Morgan fingerprint density at radius 2 is 2.04 bits per heavy atom. The summed E-state index contributed by atoms with van der Waals surface area (Å²) in [5.41, 5.74) is 2.06. The minimum Gasteiger partial charge on any atom is -0.327 e. The fourth-order valence-electron chi connectivity index (χ4n) is 3.42. The molecular weight excluding hydrogens is 321 g/mol. The molecule has 2 aliphatic heterocycles. The molecule has 126 valence electrons. The Labute approximate surface area is 136 Å². The lowest BCUT2D eigenvalue weighted by Crippen LogP contribution is -2.27. The average molecular weight is 336 g/mol. The van der Waals surface area contributed by atoms with E-state index in [4.69, 9.17) is 0 Å². The number of amides is 1. The van der Waals surface area contributed by atoms with Gasteiger partial charge in [-0.1, -0.05) is 6.07 Å². The Morgan fingerprint density at radius 1 is 1.21 bits per heavy atom. The number of alkyl halides is 3. The maximum atomic E-state index is 13.2. The molecule has 0 N–H and O–H groups in total. The maximum absolute atomic E-state index is 13.2. The highest BCUT2D eigenvalue weighted by atomic mass is 19.4. The van der Waals surface area contributed by atoms with Crippen LogP contribution >= 0.6 is 0 Å². The van der Waals surface area contributed by atoms with Gasteiger partial charge < -0.3 is 9.47 Å². The van der Waals surface area contributed by atoms with Gasteiger partial charge in [0.25, 0.3) is 5.91 Å².